The highest BCUT2D eigenvalue weighted by molar-refractivity contribution is 14.1. The highest BCUT2D eigenvalue weighted by Gasteiger charge is 2.23. The zero-order valence-corrected chi connectivity index (χ0v) is 15.4. The van der Waals surface area contributed by atoms with Crippen molar-refractivity contribution in [3.8, 4) is 5.75 Å². The van der Waals surface area contributed by atoms with Gasteiger partial charge in [0.25, 0.3) is 5.91 Å². The van der Waals surface area contributed by atoms with Gasteiger partial charge in [0, 0.05) is 10.1 Å². The third-order valence-corrected chi connectivity index (χ3v) is 3.90. The fraction of sp³-hybridized carbons (Fsp3) is 0.385. The van der Waals surface area contributed by atoms with Crippen molar-refractivity contribution in [1.29, 1.82) is 0 Å². The molecule has 0 saturated heterocycles. The molecule has 5 nitrogen and oxygen atoms in total. The van der Waals surface area contributed by atoms with Crippen molar-refractivity contribution in [3.63, 3.8) is 0 Å². The second kappa shape index (κ2) is 7.43. The van der Waals surface area contributed by atoms with Gasteiger partial charge < -0.3 is 15.1 Å². The second-order valence-electron chi connectivity index (χ2n) is 4.76. The number of hydrogen-bond acceptors (Lipinski definition) is 3. The lowest BCUT2D eigenvalue weighted by atomic mass is 10.1. The van der Waals surface area contributed by atoms with Gasteiger partial charge in [0.1, 0.15) is 12.3 Å². The van der Waals surface area contributed by atoms with Crippen LogP contribution in [0.5, 0.6) is 5.75 Å². The summed E-state index contributed by atoms with van der Waals surface area (Å²) in [5.74, 6) is -1.49. The number of phenolic OH excluding ortho intramolecular Hbond substituents is 1. The SMILES string of the molecule is CC(C)CN(CC(=O)O)C(=O)c1cc(I)cc(I)c1O. The number of aliphatic carboxylic acids is 1. The molecule has 0 unspecified atom stereocenters. The molecular weight excluding hydrogens is 488 g/mol. The second-order valence-corrected chi connectivity index (χ2v) is 7.16. The molecular formula is C13H15I2NO4. The first-order valence-electron chi connectivity index (χ1n) is 5.91. The molecule has 1 rings (SSSR count). The molecule has 7 heteroatoms. The Bertz CT molecular complexity index is 531. The number of aromatic hydroxyl groups is 1. The molecule has 0 atom stereocenters. The van der Waals surface area contributed by atoms with Crippen LogP contribution in [0.15, 0.2) is 12.1 Å². The number of halogens is 2. The van der Waals surface area contributed by atoms with Crippen molar-refractivity contribution in [2.24, 2.45) is 5.92 Å². The fourth-order valence-electron chi connectivity index (χ4n) is 1.72. The number of hydrogen-bond donors (Lipinski definition) is 2. The van der Waals surface area contributed by atoms with Gasteiger partial charge in [0.05, 0.1) is 9.13 Å². The Morgan fingerprint density at radius 1 is 1.30 bits per heavy atom. The molecule has 0 aliphatic heterocycles. The average molecular weight is 503 g/mol. The number of carbonyl (C=O) groups is 2. The smallest absolute Gasteiger partial charge is 0.323 e. The highest BCUT2D eigenvalue weighted by atomic mass is 127. The standard InChI is InChI=1S/C13H15I2NO4/c1-7(2)5-16(6-11(17)18)13(20)9-3-8(14)4-10(15)12(9)19/h3-4,7,19H,5-6H2,1-2H3,(H,17,18). The maximum atomic E-state index is 12.4. The number of rotatable bonds is 5. The van der Waals surface area contributed by atoms with Crippen molar-refractivity contribution in [3.05, 3.63) is 24.8 Å². The van der Waals surface area contributed by atoms with Crippen LogP contribution in [0.1, 0.15) is 24.2 Å². The van der Waals surface area contributed by atoms with Crippen LogP contribution in [-0.4, -0.2) is 40.1 Å². The first-order chi connectivity index (χ1) is 9.22. The molecule has 0 bridgehead atoms. The Kier molecular flexibility index (Phi) is 6.49. The lowest BCUT2D eigenvalue weighted by Crippen LogP contribution is -2.38. The van der Waals surface area contributed by atoms with Gasteiger partial charge in [-0.15, -0.1) is 0 Å². The molecule has 0 fully saturated rings. The van der Waals surface area contributed by atoms with Gasteiger partial charge >= 0.3 is 5.97 Å². The lowest BCUT2D eigenvalue weighted by Gasteiger charge is -2.23. The zero-order chi connectivity index (χ0) is 15.4. The highest BCUT2D eigenvalue weighted by Crippen LogP contribution is 2.28. The third-order valence-electron chi connectivity index (χ3n) is 2.46. The van der Waals surface area contributed by atoms with Crippen molar-refractivity contribution in [2.75, 3.05) is 13.1 Å². The minimum Gasteiger partial charge on any atom is -0.506 e. The van der Waals surface area contributed by atoms with Crippen LogP contribution in [0.4, 0.5) is 0 Å². The van der Waals surface area contributed by atoms with E-state index in [0.29, 0.717) is 10.1 Å². The van der Waals surface area contributed by atoms with E-state index in [1.807, 2.05) is 36.4 Å². The summed E-state index contributed by atoms with van der Waals surface area (Å²) in [5, 5.41) is 18.9. The quantitative estimate of drug-likeness (QED) is 0.607. The molecule has 0 heterocycles. The summed E-state index contributed by atoms with van der Waals surface area (Å²) in [6.07, 6.45) is 0. The molecule has 110 valence electrons. The predicted molar refractivity (Wildman–Crippen MR) is 91.9 cm³/mol. The summed E-state index contributed by atoms with van der Waals surface area (Å²) >= 11 is 3.99. The van der Waals surface area contributed by atoms with Gasteiger partial charge in [-0.2, -0.15) is 0 Å². The summed E-state index contributed by atoms with van der Waals surface area (Å²) in [6.45, 7) is 3.76. The topological polar surface area (TPSA) is 77.8 Å². The predicted octanol–water partition coefficient (Wildman–Crippen LogP) is 2.78. The van der Waals surface area contributed by atoms with Crippen molar-refractivity contribution >= 4 is 57.1 Å². The third kappa shape index (κ3) is 4.76. The van der Waals surface area contributed by atoms with Crippen LogP contribution in [0.25, 0.3) is 0 Å². The Balaban J connectivity index is 3.14. The maximum Gasteiger partial charge on any atom is 0.323 e. The van der Waals surface area contributed by atoms with Crippen LogP contribution in [-0.2, 0) is 4.79 Å². The van der Waals surface area contributed by atoms with Crippen molar-refractivity contribution in [2.45, 2.75) is 13.8 Å². The van der Waals surface area contributed by atoms with E-state index in [9.17, 15) is 14.7 Å². The summed E-state index contributed by atoms with van der Waals surface area (Å²) in [7, 11) is 0. The molecule has 2 N–H and O–H groups in total. The van der Waals surface area contributed by atoms with Crippen LogP contribution in [0.2, 0.25) is 0 Å². The van der Waals surface area contributed by atoms with Crippen molar-refractivity contribution < 1.29 is 19.8 Å². The number of carbonyl (C=O) groups excluding carboxylic acids is 1. The lowest BCUT2D eigenvalue weighted by molar-refractivity contribution is -0.137. The van der Waals surface area contributed by atoms with Crippen LogP contribution < -0.4 is 0 Å². The Hall–Kier alpha value is -0.580. The maximum absolute atomic E-state index is 12.4. The van der Waals surface area contributed by atoms with E-state index in [0.717, 1.165) is 3.57 Å². The van der Waals surface area contributed by atoms with E-state index in [1.54, 1.807) is 12.1 Å². The number of phenols is 1. The Morgan fingerprint density at radius 2 is 1.90 bits per heavy atom. The molecule has 20 heavy (non-hydrogen) atoms. The van der Waals surface area contributed by atoms with E-state index in [4.69, 9.17) is 5.11 Å². The fourth-order valence-corrected chi connectivity index (χ4v) is 3.57. The molecule has 0 radical (unpaired) electrons. The van der Waals surface area contributed by atoms with E-state index in [-0.39, 0.29) is 23.8 Å². The first kappa shape index (κ1) is 17.5. The molecule has 0 saturated carbocycles. The minimum atomic E-state index is -1.07. The monoisotopic (exact) mass is 503 g/mol. The van der Waals surface area contributed by atoms with Gasteiger partial charge in [-0.3, -0.25) is 9.59 Å². The Morgan fingerprint density at radius 3 is 2.40 bits per heavy atom. The van der Waals surface area contributed by atoms with Gasteiger partial charge in [0.15, 0.2) is 0 Å². The van der Waals surface area contributed by atoms with Crippen molar-refractivity contribution in [1.82, 2.24) is 4.90 Å². The first-order valence-corrected chi connectivity index (χ1v) is 8.07. The van der Waals surface area contributed by atoms with E-state index in [2.05, 4.69) is 22.6 Å². The summed E-state index contributed by atoms with van der Waals surface area (Å²) in [4.78, 5) is 24.6. The van der Waals surface area contributed by atoms with E-state index >= 15 is 0 Å². The van der Waals surface area contributed by atoms with E-state index < -0.39 is 11.9 Å². The zero-order valence-electron chi connectivity index (χ0n) is 11.1. The number of nitrogens with zero attached hydrogens (tertiary/aromatic N) is 1. The van der Waals surface area contributed by atoms with Crippen LogP contribution in [0, 0.1) is 13.1 Å². The van der Waals surface area contributed by atoms with Gasteiger partial charge in [-0.1, -0.05) is 13.8 Å². The number of carboxylic acid groups (broad SMARTS) is 1. The largest absolute Gasteiger partial charge is 0.506 e. The van der Waals surface area contributed by atoms with Crippen LogP contribution in [0.3, 0.4) is 0 Å². The molecule has 1 amide bonds. The molecule has 0 aromatic heterocycles. The molecule has 1 aromatic carbocycles. The average Bonchev–Trinajstić information content (AvgIpc) is 2.30. The normalized spacial score (nSPS) is 10.7. The van der Waals surface area contributed by atoms with E-state index in [1.165, 1.54) is 4.90 Å². The molecule has 0 aliphatic rings. The molecule has 1 aromatic rings. The summed E-state index contributed by atoms with van der Waals surface area (Å²) in [5.41, 5.74) is 0.142. The van der Waals surface area contributed by atoms with Gasteiger partial charge in [-0.25, -0.2) is 0 Å². The molecule has 0 aliphatic carbocycles. The van der Waals surface area contributed by atoms with Gasteiger partial charge in [-0.05, 0) is 63.2 Å². The summed E-state index contributed by atoms with van der Waals surface area (Å²) in [6, 6.07) is 3.31. The summed E-state index contributed by atoms with van der Waals surface area (Å²) < 4.78 is 1.38. The van der Waals surface area contributed by atoms with Gasteiger partial charge in [0.2, 0.25) is 0 Å². The number of carboxylic acids is 1. The van der Waals surface area contributed by atoms with Crippen LogP contribution >= 0.6 is 45.2 Å². The number of benzene rings is 1. The molecule has 0 spiro atoms. The Labute approximate surface area is 144 Å². The minimum absolute atomic E-state index is 0.102. The number of amides is 1.